The molecule has 0 aromatic heterocycles. The summed E-state index contributed by atoms with van der Waals surface area (Å²) in [7, 11) is 0. The quantitative estimate of drug-likeness (QED) is 0.714. The van der Waals surface area contributed by atoms with Crippen LogP contribution in [0.25, 0.3) is 0 Å². The van der Waals surface area contributed by atoms with Crippen molar-refractivity contribution in [3.8, 4) is 0 Å². The van der Waals surface area contributed by atoms with Crippen molar-refractivity contribution in [1.82, 2.24) is 4.90 Å². The van der Waals surface area contributed by atoms with Gasteiger partial charge in [-0.2, -0.15) is 4.58 Å². The molecule has 0 N–H and O–H groups in total. The minimum absolute atomic E-state index is 0.883. The molecule has 0 saturated heterocycles. The summed E-state index contributed by atoms with van der Waals surface area (Å²) in [6, 6.07) is 10.7. The second kappa shape index (κ2) is 4.88. The van der Waals surface area contributed by atoms with Crippen molar-refractivity contribution < 1.29 is 9.31 Å². The van der Waals surface area contributed by atoms with Gasteiger partial charge in [0, 0.05) is 13.1 Å². The Morgan fingerprint density at radius 2 is 2.00 bits per heavy atom. The highest BCUT2D eigenvalue weighted by Gasteiger charge is 2.27. The van der Waals surface area contributed by atoms with Crippen molar-refractivity contribution >= 4 is 5.90 Å². The number of rotatable bonds is 2. The fourth-order valence-corrected chi connectivity index (χ4v) is 2.58. The van der Waals surface area contributed by atoms with E-state index in [-0.39, 0.29) is 0 Å². The Morgan fingerprint density at radius 3 is 2.88 bits per heavy atom. The van der Waals surface area contributed by atoms with E-state index in [1.54, 1.807) is 0 Å². The largest absolute Gasteiger partial charge is 0.441 e. The molecular formula is C14H19N2O+. The first-order chi connectivity index (χ1) is 8.42. The third kappa shape index (κ3) is 2.50. The standard InChI is InChI=1S/C14H19N2O/c1-2-4-13(5-3-1)12-15-7-6-14-16(9-8-15)10-11-17-14/h1-5H,6-12H2/q+1. The molecule has 2 aliphatic rings. The van der Waals surface area contributed by atoms with Crippen LogP contribution >= 0.6 is 0 Å². The van der Waals surface area contributed by atoms with Gasteiger partial charge in [-0.25, -0.2) is 0 Å². The lowest BCUT2D eigenvalue weighted by Crippen LogP contribution is -2.28. The molecule has 0 atom stereocenters. The van der Waals surface area contributed by atoms with Gasteiger partial charge in [-0.15, -0.1) is 0 Å². The van der Waals surface area contributed by atoms with E-state index < -0.39 is 0 Å². The molecule has 90 valence electrons. The second-order valence-corrected chi connectivity index (χ2v) is 4.74. The minimum Gasteiger partial charge on any atom is -0.441 e. The summed E-state index contributed by atoms with van der Waals surface area (Å²) in [5.74, 6) is 1.21. The molecule has 2 heterocycles. The van der Waals surface area contributed by atoms with Gasteiger partial charge in [-0.1, -0.05) is 30.3 Å². The third-order valence-corrected chi connectivity index (χ3v) is 3.56. The summed E-state index contributed by atoms with van der Waals surface area (Å²) in [6.45, 7) is 6.38. The molecule has 0 radical (unpaired) electrons. The maximum Gasteiger partial charge on any atom is 0.337 e. The van der Waals surface area contributed by atoms with Crippen molar-refractivity contribution in [1.29, 1.82) is 0 Å². The van der Waals surface area contributed by atoms with Gasteiger partial charge in [0.1, 0.15) is 0 Å². The summed E-state index contributed by atoms with van der Waals surface area (Å²) < 4.78 is 8.05. The average Bonchev–Trinajstić information content (AvgIpc) is 2.74. The van der Waals surface area contributed by atoms with E-state index in [1.807, 2.05) is 0 Å². The van der Waals surface area contributed by atoms with Gasteiger partial charge in [0.2, 0.25) is 0 Å². The van der Waals surface area contributed by atoms with Crippen LogP contribution in [0.2, 0.25) is 0 Å². The molecule has 3 heteroatoms. The SMILES string of the molecule is c1ccc(CN2CCC3=[N+](CCO3)CC2)cc1. The van der Waals surface area contributed by atoms with Crippen molar-refractivity contribution in [3.63, 3.8) is 0 Å². The smallest absolute Gasteiger partial charge is 0.337 e. The van der Waals surface area contributed by atoms with Gasteiger partial charge >= 0.3 is 5.90 Å². The molecule has 0 bridgehead atoms. The van der Waals surface area contributed by atoms with Crippen molar-refractivity contribution in [3.05, 3.63) is 35.9 Å². The highest BCUT2D eigenvalue weighted by Crippen LogP contribution is 2.10. The highest BCUT2D eigenvalue weighted by molar-refractivity contribution is 5.72. The maximum absolute atomic E-state index is 5.65. The topological polar surface area (TPSA) is 15.5 Å². The Bertz CT molecular complexity index is 395. The van der Waals surface area contributed by atoms with Crippen LogP contribution in [0.5, 0.6) is 0 Å². The summed E-state index contributed by atoms with van der Waals surface area (Å²) in [4.78, 5) is 2.52. The molecule has 3 rings (SSSR count). The van der Waals surface area contributed by atoms with Gasteiger partial charge < -0.3 is 4.74 Å². The first-order valence-electron chi connectivity index (χ1n) is 6.42. The predicted octanol–water partition coefficient (Wildman–Crippen LogP) is 1.33. The van der Waals surface area contributed by atoms with Crippen LogP contribution in [0.1, 0.15) is 12.0 Å². The fraction of sp³-hybridized carbons (Fsp3) is 0.500. The second-order valence-electron chi connectivity index (χ2n) is 4.74. The van der Waals surface area contributed by atoms with Crippen molar-refractivity contribution in [2.75, 3.05) is 32.8 Å². The van der Waals surface area contributed by atoms with Crippen molar-refractivity contribution in [2.45, 2.75) is 13.0 Å². The van der Waals surface area contributed by atoms with Gasteiger partial charge in [0.15, 0.2) is 19.7 Å². The van der Waals surface area contributed by atoms with Gasteiger partial charge in [-0.05, 0) is 5.56 Å². The summed E-state index contributed by atoms with van der Waals surface area (Å²) in [6.07, 6.45) is 1.06. The molecule has 2 aliphatic heterocycles. The van der Waals surface area contributed by atoms with Crippen LogP contribution < -0.4 is 0 Å². The van der Waals surface area contributed by atoms with E-state index in [1.165, 1.54) is 11.5 Å². The van der Waals surface area contributed by atoms with E-state index >= 15 is 0 Å². The molecule has 0 saturated carbocycles. The Labute approximate surface area is 102 Å². The van der Waals surface area contributed by atoms with Gasteiger partial charge in [-0.3, -0.25) is 4.90 Å². The van der Waals surface area contributed by atoms with E-state index in [2.05, 4.69) is 39.8 Å². The average molecular weight is 231 g/mol. The Morgan fingerprint density at radius 1 is 1.12 bits per heavy atom. The van der Waals surface area contributed by atoms with Crippen LogP contribution in [-0.4, -0.2) is 48.2 Å². The molecule has 0 unspecified atom stereocenters. The summed E-state index contributed by atoms with van der Waals surface area (Å²) in [5, 5.41) is 0. The number of nitrogens with zero attached hydrogens (tertiary/aromatic N) is 2. The molecular weight excluding hydrogens is 212 g/mol. The molecule has 1 aromatic carbocycles. The molecule has 1 aromatic rings. The Hall–Kier alpha value is -1.35. The maximum atomic E-state index is 5.65. The predicted molar refractivity (Wildman–Crippen MR) is 67.3 cm³/mol. The number of benzene rings is 1. The number of hydrogen-bond donors (Lipinski definition) is 0. The van der Waals surface area contributed by atoms with Crippen molar-refractivity contribution in [2.24, 2.45) is 0 Å². The lowest BCUT2D eigenvalue weighted by atomic mass is 10.2. The van der Waals surface area contributed by atoms with E-state index in [0.29, 0.717) is 0 Å². The zero-order valence-corrected chi connectivity index (χ0v) is 10.1. The fourth-order valence-electron chi connectivity index (χ4n) is 2.58. The van der Waals surface area contributed by atoms with Crippen LogP contribution in [0, 0.1) is 0 Å². The first kappa shape index (κ1) is 10.8. The molecule has 3 nitrogen and oxygen atoms in total. The zero-order chi connectivity index (χ0) is 11.5. The number of ether oxygens (including phenoxy) is 1. The first-order valence-corrected chi connectivity index (χ1v) is 6.42. The zero-order valence-electron chi connectivity index (χ0n) is 10.1. The monoisotopic (exact) mass is 231 g/mol. The highest BCUT2D eigenvalue weighted by atomic mass is 16.5. The third-order valence-electron chi connectivity index (χ3n) is 3.56. The Balaban J connectivity index is 1.61. The van der Waals surface area contributed by atoms with Crippen LogP contribution in [-0.2, 0) is 11.3 Å². The number of hydrogen-bond acceptors (Lipinski definition) is 2. The summed E-state index contributed by atoms with van der Waals surface area (Å²) >= 11 is 0. The lowest BCUT2D eigenvalue weighted by molar-refractivity contribution is -0.517. The lowest BCUT2D eigenvalue weighted by Gasteiger charge is -2.18. The summed E-state index contributed by atoms with van der Waals surface area (Å²) in [5.41, 5.74) is 1.40. The molecule has 0 spiro atoms. The molecule has 0 amide bonds. The van der Waals surface area contributed by atoms with E-state index in [9.17, 15) is 0 Å². The normalized spacial score (nSPS) is 20.9. The molecule has 17 heavy (non-hydrogen) atoms. The Kier molecular flexibility index (Phi) is 3.10. The van der Waals surface area contributed by atoms with Gasteiger partial charge in [0.05, 0.1) is 13.0 Å². The van der Waals surface area contributed by atoms with Crippen LogP contribution in [0.3, 0.4) is 0 Å². The van der Waals surface area contributed by atoms with Crippen LogP contribution in [0.15, 0.2) is 30.3 Å². The molecule has 0 fully saturated rings. The van der Waals surface area contributed by atoms with Gasteiger partial charge in [0.25, 0.3) is 0 Å². The molecule has 0 aliphatic carbocycles. The van der Waals surface area contributed by atoms with E-state index in [0.717, 1.165) is 45.8 Å². The van der Waals surface area contributed by atoms with E-state index in [4.69, 9.17) is 4.74 Å². The van der Waals surface area contributed by atoms with Crippen LogP contribution in [0.4, 0.5) is 0 Å². The minimum atomic E-state index is 0.883.